The van der Waals surface area contributed by atoms with Gasteiger partial charge in [0.05, 0.1) is 57.0 Å². The zero-order valence-corrected chi connectivity index (χ0v) is 77.1. The maximum absolute atomic E-state index is 13.3. The number of rotatable bonds is 38. The summed E-state index contributed by atoms with van der Waals surface area (Å²) in [5.74, 6) is 0.124. The molecular weight excluding hydrogens is 1780 g/mol. The molecule has 0 bridgehead atoms. The number of ketones is 1. The Kier molecular flexibility index (Phi) is 39.2. The van der Waals surface area contributed by atoms with Crippen LogP contribution in [-0.4, -0.2) is 174 Å². The Labute approximate surface area is 797 Å². The predicted octanol–water partition coefficient (Wildman–Crippen LogP) is 15.8. The molecule has 35 heteroatoms. The van der Waals surface area contributed by atoms with E-state index >= 15 is 0 Å². The van der Waals surface area contributed by atoms with Gasteiger partial charge in [-0.15, -0.1) is 5.10 Å². The van der Waals surface area contributed by atoms with Gasteiger partial charge < -0.3 is 67.8 Å². The molecule has 0 aliphatic carbocycles. The van der Waals surface area contributed by atoms with Crippen LogP contribution in [0, 0.1) is 5.92 Å². The molecule has 3 aromatic heterocycles. The number of esters is 2. The van der Waals surface area contributed by atoms with E-state index in [0.717, 1.165) is 51.3 Å². The van der Waals surface area contributed by atoms with Gasteiger partial charge in [-0.2, -0.15) is 13.5 Å². The van der Waals surface area contributed by atoms with Crippen molar-refractivity contribution in [3.8, 4) is 57.4 Å². The number of hydroxylamine groups is 4. The number of carbonyl (C=O) groups excluding carboxylic acids is 8. The number of Topliss-reactive ketones (excluding diaryl/α,β-unsaturated/α-hetero) is 1. The van der Waals surface area contributed by atoms with E-state index in [1.54, 1.807) is 73.6 Å². The number of phenols is 1. The Morgan fingerprint density at radius 2 is 1.21 bits per heavy atom. The van der Waals surface area contributed by atoms with Crippen LogP contribution in [0.1, 0.15) is 145 Å². The molecule has 6 N–H and O–H groups in total. The quantitative estimate of drug-likeness (QED) is 0.00906. The Morgan fingerprint density at radius 1 is 0.610 bits per heavy atom. The van der Waals surface area contributed by atoms with E-state index in [4.69, 9.17) is 58.3 Å². The number of para-hydroxylation sites is 3. The summed E-state index contributed by atoms with van der Waals surface area (Å²) in [5, 5.41) is 48.3. The molecule has 0 saturated carbocycles. The highest BCUT2D eigenvalue weighted by atomic mass is 35.5. The Balaban J connectivity index is 0.000000178. The minimum atomic E-state index is -0.892. The number of amides is 5. The van der Waals surface area contributed by atoms with Crippen LogP contribution in [0.5, 0.6) is 34.5 Å². The van der Waals surface area contributed by atoms with Crippen molar-refractivity contribution in [3.05, 3.63) is 311 Å². The number of unbranched alkanes of at least 4 members (excludes halogenated alkanes) is 2. The first-order chi connectivity index (χ1) is 65.6. The molecular formula is C101H107ClN12O21S. The van der Waals surface area contributed by atoms with Gasteiger partial charge in [-0.3, -0.25) is 44.0 Å². The first kappa shape index (κ1) is 102. The number of aliphatic imine (C=N–C) groups is 2. The molecule has 33 nitrogen and oxygen atoms in total. The van der Waals surface area contributed by atoms with Crippen molar-refractivity contribution >= 4 is 84.1 Å². The SMILES string of the molecule is CCCCC(=O)N(O)CCCC[C@H](CC(=O)[C@@H]1COC(c2ccccc2O)=N1)C(=O)O[C@@H](C)CC(=O)N[C@H]1CCCCN(O)C1=O.COc1ccc(CNC(=O)c2coc(-c3cccc(Cl)c3)n2)cc1OC.O=C(NCc1cn(Cc2cccc(Oc3ccccc3)c2)nn1)c1coc(-c2ccccc2)n1.O=C(OCc1ccccc1)[C@@H]1COC(c2ccccc2OCc2ccccc2)=N1.S. The predicted molar refractivity (Wildman–Crippen MR) is 507 cm³/mol. The molecule has 0 spiro atoms. The van der Waals surface area contributed by atoms with Crippen LogP contribution in [0.4, 0.5) is 0 Å². The number of hydrogen-bond donors (Lipinski definition) is 6. The molecule has 3 aliphatic rings. The van der Waals surface area contributed by atoms with Crippen LogP contribution in [0.15, 0.2) is 274 Å². The maximum Gasteiger partial charge on any atom is 0.334 e. The van der Waals surface area contributed by atoms with Crippen molar-refractivity contribution in [3.63, 3.8) is 0 Å². The van der Waals surface area contributed by atoms with Crippen molar-refractivity contribution < 1.29 is 101 Å². The number of hydrogen-bond acceptors (Lipinski definition) is 27. The highest BCUT2D eigenvalue weighted by Crippen LogP contribution is 2.32. The first-order valence-corrected chi connectivity index (χ1v) is 44.4. The fourth-order valence-electron chi connectivity index (χ4n) is 14.0. The highest BCUT2D eigenvalue weighted by Gasteiger charge is 2.35. The van der Waals surface area contributed by atoms with Gasteiger partial charge in [-0.05, 0) is 159 Å². The third kappa shape index (κ3) is 31.1. The van der Waals surface area contributed by atoms with Crippen molar-refractivity contribution in [2.45, 2.75) is 142 Å². The van der Waals surface area contributed by atoms with E-state index in [9.17, 15) is 53.9 Å². The number of ether oxygens (including phenoxy) is 8. The monoisotopic (exact) mass is 1890 g/mol. The Hall–Kier alpha value is -15.0. The second-order valence-corrected chi connectivity index (χ2v) is 31.8. The van der Waals surface area contributed by atoms with Crippen LogP contribution in [0.25, 0.3) is 22.9 Å². The fourth-order valence-corrected chi connectivity index (χ4v) is 14.2. The number of halogens is 1. The van der Waals surface area contributed by atoms with E-state index in [0.29, 0.717) is 125 Å². The minimum absolute atomic E-state index is 0. The second kappa shape index (κ2) is 52.4. The zero-order chi connectivity index (χ0) is 95.2. The van der Waals surface area contributed by atoms with E-state index in [-0.39, 0.29) is 125 Å². The van der Waals surface area contributed by atoms with Crippen molar-refractivity contribution in [2.75, 3.05) is 40.5 Å². The lowest BCUT2D eigenvalue weighted by molar-refractivity contribution is -0.167. The number of phenolic OH excluding ortho intramolecular Hbond substituents is 1. The van der Waals surface area contributed by atoms with Crippen LogP contribution >= 0.6 is 25.1 Å². The average Bonchev–Trinajstić information content (AvgIpc) is 1.62. The van der Waals surface area contributed by atoms with Crippen LogP contribution in [0.3, 0.4) is 0 Å². The summed E-state index contributed by atoms with van der Waals surface area (Å²) in [6.45, 7) is 5.58. The van der Waals surface area contributed by atoms with Crippen LogP contribution in [0.2, 0.25) is 5.02 Å². The largest absolute Gasteiger partial charge is 0.507 e. The summed E-state index contributed by atoms with van der Waals surface area (Å²) >= 11 is 5.96. The van der Waals surface area contributed by atoms with E-state index in [1.165, 1.54) is 25.5 Å². The van der Waals surface area contributed by atoms with Gasteiger partial charge in [0.2, 0.25) is 35.4 Å². The molecule has 5 amide bonds. The number of methoxy groups -OCH3 is 2. The maximum atomic E-state index is 13.3. The highest BCUT2D eigenvalue weighted by molar-refractivity contribution is 7.59. The molecule has 136 heavy (non-hydrogen) atoms. The lowest BCUT2D eigenvalue weighted by Crippen LogP contribution is -2.47. The normalized spacial score (nSPS) is 14.5. The molecule has 15 rings (SSSR count). The summed E-state index contributed by atoms with van der Waals surface area (Å²) in [7, 11) is 3.13. The summed E-state index contributed by atoms with van der Waals surface area (Å²) in [5.41, 5.74) is 7.52. The number of benzene rings is 9. The lowest BCUT2D eigenvalue weighted by Gasteiger charge is -2.22. The van der Waals surface area contributed by atoms with Gasteiger partial charge in [-0.25, -0.2) is 39.6 Å². The standard InChI is InChI=1S/C32H46N4O10.C26H21N5O3.C24H21NO4.C19H17ClN2O4.H2S/c1-3-4-15-29(40)35(43)16-9-7-11-22(19-27(38)25-20-45-30(34-25)23-12-5-6-14-26(23)37)32(42)46-21(2)18-28(39)33-24-13-8-10-17-36(44)31(24)41;32-25(24-18-33-26(28-24)20-9-3-1-4-10-20)27-15-21-17-31(30-29-21)16-19-8-7-13-23(14-19)34-22-11-5-2-6-12-22;26-24(29-16-19-11-5-2-6-12-19)21-17-28-23(25-21)20-13-7-8-14-22(20)27-15-18-9-3-1-4-10-18;1-24-16-7-6-12(8-17(16)25-2)10-21-18(23)15-11-26-19(22-15)13-4-3-5-14(20)9-13;/h5-6,12,14,21-22,24-25,37,43-44H,3-4,7-11,13,15-20H2,1-2H3,(H,33,39);1-14,17-18H,15-16H2,(H,27,32);1-14,21H,15-17H2;3-9,11H,10H2,1-2H3,(H,21,23);1H2/t21-,22+,24-,25-;;21-;;/m0.0../s1. The molecule has 9 aromatic carbocycles. The zero-order valence-electron chi connectivity index (χ0n) is 75.4. The second-order valence-electron chi connectivity index (χ2n) is 31.4. The van der Waals surface area contributed by atoms with Crippen LogP contribution in [-0.2, 0) is 80.6 Å². The topological polar surface area (TPSA) is 421 Å². The lowest BCUT2D eigenvalue weighted by atomic mass is 9.93. The third-order valence-electron chi connectivity index (χ3n) is 21.1. The molecule has 12 aromatic rings. The Morgan fingerprint density at radius 3 is 1.90 bits per heavy atom. The smallest absolute Gasteiger partial charge is 0.334 e. The molecule has 1 saturated heterocycles. The van der Waals surface area contributed by atoms with E-state index in [1.807, 2.05) is 189 Å². The molecule has 3 aliphatic heterocycles. The summed E-state index contributed by atoms with van der Waals surface area (Å²) < 4.78 is 57.0. The summed E-state index contributed by atoms with van der Waals surface area (Å²) in [4.78, 5) is 118. The van der Waals surface area contributed by atoms with E-state index < -0.39 is 53.9 Å². The van der Waals surface area contributed by atoms with Gasteiger partial charge >= 0.3 is 11.9 Å². The average molecular weight is 1890 g/mol. The fraction of sp³-hybridized carbons (Fsp3) is 0.287. The molecule has 5 atom stereocenters. The molecule has 1 fully saturated rings. The molecule has 0 unspecified atom stereocenters. The molecule has 0 radical (unpaired) electrons. The Bertz CT molecular complexity index is 5990. The number of aromatic nitrogens is 5. The minimum Gasteiger partial charge on any atom is -0.507 e. The number of carbonyl (C=O) groups is 8. The van der Waals surface area contributed by atoms with Gasteiger partial charge in [0, 0.05) is 48.6 Å². The van der Waals surface area contributed by atoms with Gasteiger partial charge in [-0.1, -0.05) is 182 Å². The van der Waals surface area contributed by atoms with Gasteiger partial charge in [0.15, 0.2) is 34.7 Å². The van der Waals surface area contributed by atoms with Crippen molar-refractivity contribution in [1.29, 1.82) is 0 Å². The summed E-state index contributed by atoms with van der Waals surface area (Å²) in [6.07, 6.45) is 7.50. The molecule has 710 valence electrons. The number of oxazole rings is 2. The third-order valence-corrected chi connectivity index (χ3v) is 21.4. The van der Waals surface area contributed by atoms with Crippen molar-refractivity contribution in [2.24, 2.45) is 15.9 Å². The number of nitrogens with zero attached hydrogens (tertiary/aromatic N) is 9. The van der Waals surface area contributed by atoms with E-state index in [2.05, 4.69) is 46.2 Å². The molecule has 6 heterocycles. The van der Waals surface area contributed by atoms with Crippen molar-refractivity contribution in [1.82, 2.24) is 51.0 Å². The number of nitrogens with one attached hydrogen (secondary N) is 3. The first-order valence-electron chi connectivity index (χ1n) is 44.0. The van der Waals surface area contributed by atoms with Gasteiger partial charge in [0.25, 0.3) is 17.7 Å². The van der Waals surface area contributed by atoms with Crippen LogP contribution < -0.4 is 34.9 Å². The number of aromatic hydroxyl groups is 1. The summed E-state index contributed by atoms with van der Waals surface area (Å²) in [6, 6.07) is 70.4. The van der Waals surface area contributed by atoms with Gasteiger partial charge in [0.1, 0.15) is 85.8 Å².